The van der Waals surface area contributed by atoms with Crippen molar-refractivity contribution >= 4 is 17.7 Å². The zero-order valence-electron chi connectivity index (χ0n) is 16.4. The molecule has 2 rings (SSSR count). The zero-order valence-corrected chi connectivity index (χ0v) is 16.4. The van der Waals surface area contributed by atoms with E-state index in [2.05, 4.69) is 5.32 Å². The van der Waals surface area contributed by atoms with E-state index in [0.29, 0.717) is 37.7 Å². The molecule has 1 atom stereocenters. The Hall–Kier alpha value is -2.48. The fourth-order valence-electron chi connectivity index (χ4n) is 2.56. The average molecular weight is 379 g/mol. The normalized spacial score (nSPS) is 15.8. The van der Waals surface area contributed by atoms with Crippen LogP contribution in [-0.2, 0) is 20.8 Å². The Morgan fingerprint density at radius 3 is 2.59 bits per heavy atom. The minimum atomic E-state index is -0.667. The van der Waals surface area contributed by atoms with Crippen LogP contribution in [0.3, 0.4) is 0 Å². The Morgan fingerprint density at radius 2 is 1.96 bits per heavy atom. The van der Waals surface area contributed by atoms with Gasteiger partial charge in [0.15, 0.2) is 6.10 Å². The first kappa shape index (κ1) is 20.8. The molecule has 1 unspecified atom stereocenters. The second-order valence-corrected chi connectivity index (χ2v) is 7.43. The number of hydrogen-bond acceptors (Lipinski definition) is 6. The fourth-order valence-corrected chi connectivity index (χ4v) is 2.56. The molecule has 1 aromatic carbocycles. The van der Waals surface area contributed by atoms with Crippen LogP contribution >= 0.6 is 0 Å². The lowest BCUT2D eigenvalue weighted by atomic mass is 10.2. The predicted molar refractivity (Wildman–Crippen MR) is 101 cm³/mol. The Bertz CT molecular complexity index is 666. The van der Waals surface area contributed by atoms with Crippen LogP contribution in [0, 0.1) is 0 Å². The van der Waals surface area contributed by atoms with Crippen LogP contribution in [0.1, 0.15) is 33.3 Å². The van der Waals surface area contributed by atoms with Gasteiger partial charge < -0.3 is 30.2 Å². The van der Waals surface area contributed by atoms with Gasteiger partial charge in [-0.05, 0) is 45.4 Å². The number of benzene rings is 1. The Morgan fingerprint density at radius 1 is 1.30 bits per heavy atom. The molecular formula is C19H29N3O5. The van der Waals surface area contributed by atoms with Gasteiger partial charge in [0.2, 0.25) is 0 Å². The summed E-state index contributed by atoms with van der Waals surface area (Å²) in [6.45, 7) is 9.54. The van der Waals surface area contributed by atoms with Gasteiger partial charge in [0, 0.05) is 19.6 Å². The number of anilines is 1. The average Bonchev–Trinajstić information content (AvgIpc) is 2.61. The first-order valence-corrected chi connectivity index (χ1v) is 9.04. The molecule has 0 aromatic heterocycles. The number of nitrogens with one attached hydrogen (secondary N) is 1. The third-order valence-electron chi connectivity index (χ3n) is 3.89. The molecule has 0 saturated carbocycles. The van der Waals surface area contributed by atoms with E-state index >= 15 is 0 Å². The summed E-state index contributed by atoms with van der Waals surface area (Å²) in [5.41, 5.74) is 6.63. The van der Waals surface area contributed by atoms with Gasteiger partial charge in [0.25, 0.3) is 5.91 Å². The number of rotatable bonds is 5. The maximum atomic E-state index is 12.5. The SMILES string of the molecule is CC(Oc1cc(CNC(=O)OC(C)(C)C)ccc1N)C(=O)N1CCOCC1. The monoisotopic (exact) mass is 379 g/mol. The minimum Gasteiger partial charge on any atom is -0.479 e. The molecule has 2 amide bonds. The van der Waals surface area contributed by atoms with Crippen LogP contribution in [0.25, 0.3) is 0 Å². The summed E-state index contributed by atoms with van der Waals surface area (Å²) in [7, 11) is 0. The number of ether oxygens (including phenoxy) is 3. The van der Waals surface area contributed by atoms with Crippen LogP contribution in [-0.4, -0.2) is 54.9 Å². The fraction of sp³-hybridized carbons (Fsp3) is 0.579. The van der Waals surface area contributed by atoms with E-state index < -0.39 is 17.8 Å². The molecule has 1 aliphatic heterocycles. The first-order valence-electron chi connectivity index (χ1n) is 9.04. The molecule has 3 N–H and O–H groups in total. The maximum absolute atomic E-state index is 12.5. The van der Waals surface area contributed by atoms with Crippen LogP contribution in [0.2, 0.25) is 0 Å². The lowest BCUT2D eigenvalue weighted by molar-refractivity contribution is -0.142. The predicted octanol–water partition coefficient (Wildman–Crippen LogP) is 1.92. The van der Waals surface area contributed by atoms with Crippen LogP contribution < -0.4 is 15.8 Å². The zero-order chi connectivity index (χ0) is 20.0. The van der Waals surface area contributed by atoms with Crippen LogP contribution in [0.4, 0.5) is 10.5 Å². The number of carbonyl (C=O) groups excluding carboxylic acids is 2. The highest BCUT2D eigenvalue weighted by Gasteiger charge is 2.24. The van der Waals surface area contributed by atoms with Crippen molar-refractivity contribution in [1.82, 2.24) is 10.2 Å². The molecule has 1 saturated heterocycles. The molecule has 1 heterocycles. The molecule has 0 spiro atoms. The van der Waals surface area contributed by atoms with Crippen molar-refractivity contribution in [3.8, 4) is 5.75 Å². The summed E-state index contributed by atoms with van der Waals surface area (Å²) in [5.74, 6) is 0.308. The number of alkyl carbamates (subject to hydrolysis) is 1. The smallest absolute Gasteiger partial charge is 0.407 e. The Kier molecular flexibility index (Phi) is 6.90. The molecule has 8 nitrogen and oxygen atoms in total. The number of amides is 2. The topological polar surface area (TPSA) is 103 Å². The third-order valence-corrected chi connectivity index (χ3v) is 3.89. The van der Waals surface area contributed by atoms with Gasteiger partial charge in [-0.3, -0.25) is 4.79 Å². The molecule has 1 fully saturated rings. The molecular weight excluding hydrogens is 350 g/mol. The summed E-state index contributed by atoms with van der Waals surface area (Å²) in [6, 6.07) is 5.19. The summed E-state index contributed by atoms with van der Waals surface area (Å²) in [6.07, 6.45) is -1.17. The van der Waals surface area contributed by atoms with E-state index in [-0.39, 0.29) is 12.5 Å². The van der Waals surface area contributed by atoms with Crippen LogP contribution in [0.15, 0.2) is 18.2 Å². The number of nitrogens with two attached hydrogens (primary N) is 1. The summed E-state index contributed by atoms with van der Waals surface area (Å²) >= 11 is 0. The number of carbonyl (C=O) groups is 2. The van der Waals surface area contributed by atoms with Crippen molar-refractivity contribution in [3.63, 3.8) is 0 Å². The summed E-state index contributed by atoms with van der Waals surface area (Å²) in [5, 5.41) is 2.68. The highest BCUT2D eigenvalue weighted by Crippen LogP contribution is 2.24. The standard InChI is InChI=1S/C19H29N3O5/c1-13(17(23)22-7-9-25-10-8-22)26-16-11-14(5-6-15(16)20)12-21-18(24)27-19(2,3)4/h5-6,11,13H,7-10,12,20H2,1-4H3,(H,21,24). The Labute approximate surface area is 159 Å². The third kappa shape index (κ3) is 6.63. The van der Waals surface area contributed by atoms with Gasteiger partial charge in [0.1, 0.15) is 11.4 Å². The van der Waals surface area contributed by atoms with Gasteiger partial charge in [-0.15, -0.1) is 0 Å². The van der Waals surface area contributed by atoms with Crippen molar-refractivity contribution in [2.45, 2.75) is 45.9 Å². The molecule has 0 bridgehead atoms. The minimum absolute atomic E-state index is 0.102. The second-order valence-electron chi connectivity index (χ2n) is 7.43. The van der Waals surface area contributed by atoms with E-state index in [1.165, 1.54) is 0 Å². The highest BCUT2D eigenvalue weighted by molar-refractivity contribution is 5.81. The number of nitrogen functional groups attached to an aromatic ring is 1. The molecule has 150 valence electrons. The number of nitrogens with zero attached hydrogens (tertiary/aromatic N) is 1. The van der Waals surface area contributed by atoms with Gasteiger partial charge in [-0.25, -0.2) is 4.79 Å². The van der Waals surface area contributed by atoms with Gasteiger partial charge >= 0.3 is 6.09 Å². The van der Waals surface area contributed by atoms with Crippen molar-refractivity contribution in [3.05, 3.63) is 23.8 Å². The quantitative estimate of drug-likeness (QED) is 0.758. The van der Waals surface area contributed by atoms with E-state index in [1.54, 1.807) is 50.8 Å². The van der Waals surface area contributed by atoms with Crippen LogP contribution in [0.5, 0.6) is 5.75 Å². The lowest BCUT2D eigenvalue weighted by Crippen LogP contribution is -2.46. The van der Waals surface area contributed by atoms with Crippen molar-refractivity contribution in [1.29, 1.82) is 0 Å². The molecule has 0 aliphatic carbocycles. The lowest BCUT2D eigenvalue weighted by Gasteiger charge is -2.29. The number of morpholine rings is 1. The van der Waals surface area contributed by atoms with Gasteiger partial charge in [0.05, 0.1) is 18.9 Å². The van der Waals surface area contributed by atoms with E-state index in [0.717, 1.165) is 5.56 Å². The molecule has 27 heavy (non-hydrogen) atoms. The molecule has 8 heteroatoms. The van der Waals surface area contributed by atoms with Crippen molar-refractivity contribution < 1.29 is 23.8 Å². The largest absolute Gasteiger partial charge is 0.479 e. The molecule has 1 aromatic rings. The summed E-state index contributed by atoms with van der Waals surface area (Å²) in [4.78, 5) is 26.0. The Balaban J connectivity index is 1.95. The van der Waals surface area contributed by atoms with Gasteiger partial charge in [-0.1, -0.05) is 6.07 Å². The van der Waals surface area contributed by atoms with E-state index in [4.69, 9.17) is 19.9 Å². The van der Waals surface area contributed by atoms with E-state index in [1.807, 2.05) is 0 Å². The van der Waals surface area contributed by atoms with Gasteiger partial charge in [-0.2, -0.15) is 0 Å². The summed E-state index contributed by atoms with van der Waals surface area (Å²) < 4.78 is 16.3. The molecule has 1 aliphatic rings. The first-order chi connectivity index (χ1) is 12.7. The van der Waals surface area contributed by atoms with Crippen molar-refractivity contribution in [2.24, 2.45) is 0 Å². The maximum Gasteiger partial charge on any atom is 0.407 e. The second kappa shape index (κ2) is 8.94. The number of hydrogen-bond donors (Lipinski definition) is 2. The highest BCUT2D eigenvalue weighted by atomic mass is 16.6. The van der Waals surface area contributed by atoms with E-state index in [9.17, 15) is 9.59 Å². The van der Waals surface area contributed by atoms with Crippen molar-refractivity contribution in [2.75, 3.05) is 32.0 Å². The molecule has 0 radical (unpaired) electrons.